The number of fused-ring (bicyclic) bond motifs is 1. The molecule has 0 saturated carbocycles. The molecular weight excluding hydrogens is 373 g/mol. The number of thioether (sulfide) groups is 1. The smallest absolute Gasteiger partial charge is 0.293 e. The molecular formula is C19H17F3N4S. The second-order valence-corrected chi connectivity index (χ2v) is 7.61. The highest BCUT2D eigenvalue weighted by Crippen LogP contribution is 2.43. The van der Waals surface area contributed by atoms with Crippen LogP contribution in [0.15, 0.2) is 53.9 Å². The molecule has 1 aliphatic rings. The van der Waals surface area contributed by atoms with E-state index in [1.165, 1.54) is 35.3 Å². The van der Waals surface area contributed by atoms with E-state index in [2.05, 4.69) is 27.3 Å². The largest absolute Gasteiger partial charge is 0.406 e. The van der Waals surface area contributed by atoms with Crippen LogP contribution in [0.2, 0.25) is 0 Å². The minimum absolute atomic E-state index is 0.0800. The van der Waals surface area contributed by atoms with Crippen molar-refractivity contribution in [3.63, 3.8) is 0 Å². The summed E-state index contributed by atoms with van der Waals surface area (Å²) in [4.78, 5) is 3.92. The molecule has 27 heavy (non-hydrogen) atoms. The number of alkyl halides is 3. The molecule has 2 heterocycles. The lowest BCUT2D eigenvalue weighted by atomic mass is 9.91. The minimum Gasteiger partial charge on any atom is -0.293 e. The van der Waals surface area contributed by atoms with Crippen molar-refractivity contribution in [3.05, 3.63) is 59.9 Å². The average Bonchev–Trinajstić information content (AvgIpc) is 3.03. The lowest BCUT2D eigenvalue weighted by Gasteiger charge is -2.24. The lowest BCUT2D eigenvalue weighted by Crippen LogP contribution is -2.19. The Morgan fingerprint density at radius 2 is 1.85 bits per heavy atom. The molecule has 0 aliphatic heterocycles. The van der Waals surface area contributed by atoms with Crippen molar-refractivity contribution in [2.45, 2.75) is 42.4 Å². The molecule has 0 spiro atoms. The first-order chi connectivity index (χ1) is 13.0. The van der Waals surface area contributed by atoms with E-state index in [9.17, 15) is 13.2 Å². The molecule has 140 valence electrons. The summed E-state index contributed by atoms with van der Waals surface area (Å²) in [5, 5.41) is 8.53. The number of hydrogen-bond donors (Lipinski definition) is 0. The fourth-order valence-electron chi connectivity index (χ4n) is 3.37. The molecule has 0 fully saturated rings. The molecule has 1 aliphatic carbocycles. The van der Waals surface area contributed by atoms with Crippen LogP contribution in [-0.4, -0.2) is 25.9 Å². The maximum atomic E-state index is 13.2. The van der Waals surface area contributed by atoms with Crippen molar-refractivity contribution in [1.29, 1.82) is 0 Å². The van der Waals surface area contributed by atoms with E-state index >= 15 is 0 Å². The van der Waals surface area contributed by atoms with Crippen LogP contribution >= 0.6 is 11.8 Å². The van der Waals surface area contributed by atoms with Gasteiger partial charge in [0.25, 0.3) is 0 Å². The van der Waals surface area contributed by atoms with Gasteiger partial charge in [-0.1, -0.05) is 36.0 Å². The van der Waals surface area contributed by atoms with Crippen molar-refractivity contribution in [3.8, 4) is 11.4 Å². The second-order valence-electron chi connectivity index (χ2n) is 6.44. The van der Waals surface area contributed by atoms with Crippen molar-refractivity contribution < 1.29 is 13.2 Å². The SMILES string of the molecule is FC(F)(F)Cn1c(SC2CCCc3ccccc32)nnc1-c1ccncc1. The molecule has 0 amide bonds. The van der Waals surface area contributed by atoms with Crippen molar-refractivity contribution >= 4 is 11.8 Å². The molecule has 2 aromatic heterocycles. The molecule has 1 aromatic carbocycles. The van der Waals surface area contributed by atoms with Gasteiger partial charge in [0.15, 0.2) is 11.0 Å². The van der Waals surface area contributed by atoms with Crippen LogP contribution in [0.5, 0.6) is 0 Å². The number of halogens is 3. The Bertz CT molecular complexity index is 924. The Hall–Kier alpha value is -2.35. The number of aryl methyl sites for hydroxylation is 1. The number of aromatic nitrogens is 4. The number of pyridine rings is 1. The monoisotopic (exact) mass is 390 g/mol. The first-order valence-corrected chi connectivity index (χ1v) is 9.54. The van der Waals surface area contributed by atoms with Gasteiger partial charge in [0.05, 0.1) is 0 Å². The summed E-state index contributed by atoms with van der Waals surface area (Å²) in [6, 6.07) is 11.4. The quantitative estimate of drug-likeness (QED) is 0.624. The van der Waals surface area contributed by atoms with E-state index in [1.807, 2.05) is 12.1 Å². The average molecular weight is 390 g/mol. The molecule has 0 saturated heterocycles. The molecule has 0 N–H and O–H groups in total. The van der Waals surface area contributed by atoms with Crippen LogP contribution in [0.25, 0.3) is 11.4 Å². The van der Waals surface area contributed by atoms with Crippen molar-refractivity contribution in [2.75, 3.05) is 0 Å². The maximum Gasteiger partial charge on any atom is 0.406 e. The molecule has 1 atom stereocenters. The zero-order valence-electron chi connectivity index (χ0n) is 14.4. The molecule has 0 bridgehead atoms. The Morgan fingerprint density at radius 3 is 2.63 bits per heavy atom. The minimum atomic E-state index is -4.36. The fraction of sp³-hybridized carbons (Fsp3) is 0.316. The summed E-state index contributed by atoms with van der Waals surface area (Å²) in [6.45, 7) is -1.12. The van der Waals surface area contributed by atoms with E-state index in [4.69, 9.17) is 0 Å². The number of benzene rings is 1. The van der Waals surface area contributed by atoms with Gasteiger partial charge in [-0.2, -0.15) is 13.2 Å². The Kier molecular flexibility index (Phi) is 4.90. The van der Waals surface area contributed by atoms with Gasteiger partial charge in [0.1, 0.15) is 6.54 Å². The van der Waals surface area contributed by atoms with Crippen LogP contribution in [0.4, 0.5) is 13.2 Å². The summed E-state index contributed by atoms with van der Waals surface area (Å²) < 4.78 is 40.8. The van der Waals surface area contributed by atoms with Gasteiger partial charge in [-0.25, -0.2) is 0 Å². The highest BCUT2D eigenvalue weighted by atomic mass is 32.2. The Labute approximate surface area is 158 Å². The summed E-state index contributed by atoms with van der Waals surface area (Å²) in [7, 11) is 0. The first kappa shape index (κ1) is 18.0. The zero-order chi connectivity index (χ0) is 18.9. The fourth-order valence-corrected chi connectivity index (χ4v) is 4.63. The standard InChI is InChI=1S/C19H17F3N4S/c20-19(21,22)12-26-17(14-8-10-23-11-9-14)24-25-18(26)27-16-7-3-5-13-4-1-2-6-15(13)16/h1-2,4,6,8-11,16H,3,5,7,12H2. The van der Waals surface area contributed by atoms with Gasteiger partial charge in [0.2, 0.25) is 0 Å². The van der Waals surface area contributed by atoms with Crippen molar-refractivity contribution in [1.82, 2.24) is 19.7 Å². The van der Waals surface area contributed by atoms with E-state index in [0.29, 0.717) is 10.7 Å². The third-order valence-corrected chi connectivity index (χ3v) is 5.84. The van der Waals surface area contributed by atoms with Gasteiger partial charge < -0.3 is 0 Å². The molecule has 4 rings (SSSR count). The highest BCUT2D eigenvalue weighted by molar-refractivity contribution is 7.99. The molecule has 3 aromatic rings. The van der Waals surface area contributed by atoms with Crippen molar-refractivity contribution in [2.24, 2.45) is 0 Å². The normalized spacial score (nSPS) is 16.9. The number of rotatable bonds is 4. The van der Waals surface area contributed by atoms with Gasteiger partial charge in [-0.05, 0) is 42.5 Å². The second kappa shape index (κ2) is 7.34. The Balaban J connectivity index is 1.70. The summed E-state index contributed by atoms with van der Waals surface area (Å²) in [5.74, 6) is 0.210. The highest BCUT2D eigenvalue weighted by Gasteiger charge is 2.32. The maximum absolute atomic E-state index is 13.2. The Morgan fingerprint density at radius 1 is 1.07 bits per heavy atom. The number of nitrogens with zero attached hydrogens (tertiary/aromatic N) is 4. The van der Waals surface area contributed by atoms with Crippen LogP contribution in [0.3, 0.4) is 0 Å². The van der Waals surface area contributed by atoms with Gasteiger partial charge >= 0.3 is 6.18 Å². The summed E-state index contributed by atoms with van der Waals surface area (Å²) >= 11 is 1.36. The topological polar surface area (TPSA) is 43.6 Å². The molecule has 1 unspecified atom stereocenters. The third-order valence-electron chi connectivity index (χ3n) is 4.55. The zero-order valence-corrected chi connectivity index (χ0v) is 15.2. The predicted molar refractivity (Wildman–Crippen MR) is 97.3 cm³/mol. The number of hydrogen-bond acceptors (Lipinski definition) is 4. The van der Waals surface area contributed by atoms with Gasteiger partial charge in [0, 0.05) is 23.2 Å². The van der Waals surface area contributed by atoms with Crippen LogP contribution in [0, 0.1) is 0 Å². The predicted octanol–water partition coefficient (Wildman–Crippen LogP) is 5.07. The molecule has 4 nitrogen and oxygen atoms in total. The van der Waals surface area contributed by atoms with Crippen LogP contribution < -0.4 is 0 Å². The third kappa shape index (κ3) is 4.00. The summed E-state index contributed by atoms with van der Waals surface area (Å²) in [6.07, 6.45) is 1.64. The van der Waals surface area contributed by atoms with Crippen LogP contribution in [-0.2, 0) is 13.0 Å². The molecule has 8 heteroatoms. The van der Waals surface area contributed by atoms with Gasteiger partial charge in [-0.3, -0.25) is 9.55 Å². The van der Waals surface area contributed by atoms with Crippen LogP contribution in [0.1, 0.15) is 29.2 Å². The first-order valence-electron chi connectivity index (χ1n) is 8.66. The summed E-state index contributed by atoms with van der Waals surface area (Å²) in [5.41, 5.74) is 3.01. The lowest BCUT2D eigenvalue weighted by molar-refractivity contribution is -0.141. The van der Waals surface area contributed by atoms with Gasteiger partial charge in [-0.15, -0.1) is 10.2 Å². The van der Waals surface area contributed by atoms with E-state index in [0.717, 1.165) is 23.8 Å². The molecule has 0 radical (unpaired) electrons. The van der Waals surface area contributed by atoms with E-state index < -0.39 is 12.7 Å². The van der Waals surface area contributed by atoms with E-state index in [1.54, 1.807) is 12.1 Å². The van der Waals surface area contributed by atoms with E-state index in [-0.39, 0.29) is 11.1 Å².